The zero-order chi connectivity index (χ0) is 15.8. The average Bonchev–Trinajstić information content (AvgIpc) is 2.25. The van der Waals surface area contributed by atoms with Crippen LogP contribution in [0.2, 0.25) is 19.6 Å². The lowest BCUT2D eigenvalue weighted by Gasteiger charge is -2.21. The minimum absolute atomic E-state index is 0.0272. The van der Waals surface area contributed by atoms with E-state index in [4.69, 9.17) is 5.26 Å². The molecule has 0 radical (unpaired) electrons. The maximum Gasteiger partial charge on any atom is 0.534 e. The Bertz CT molecular complexity index is 657. The summed E-state index contributed by atoms with van der Waals surface area (Å²) in [6.07, 6.45) is 0. The van der Waals surface area contributed by atoms with Crippen molar-refractivity contribution in [3.8, 4) is 11.8 Å². The molecule has 1 aromatic rings. The molecule has 0 saturated heterocycles. The third-order valence-electron chi connectivity index (χ3n) is 2.40. The van der Waals surface area contributed by atoms with Crippen molar-refractivity contribution in [2.75, 3.05) is 0 Å². The number of alkyl halides is 3. The molecule has 20 heavy (non-hydrogen) atoms. The van der Waals surface area contributed by atoms with Crippen molar-refractivity contribution in [1.29, 1.82) is 5.26 Å². The van der Waals surface area contributed by atoms with Gasteiger partial charge in [0.25, 0.3) is 0 Å². The molecule has 1 rings (SSSR count). The van der Waals surface area contributed by atoms with Crippen LogP contribution in [0, 0.1) is 11.3 Å². The number of halogens is 3. The average molecular weight is 323 g/mol. The fourth-order valence-corrected chi connectivity index (χ4v) is 3.43. The number of hydrogen-bond donors (Lipinski definition) is 0. The molecule has 4 nitrogen and oxygen atoms in total. The van der Waals surface area contributed by atoms with Crippen LogP contribution in [0.1, 0.15) is 5.56 Å². The second kappa shape index (κ2) is 5.10. The molecule has 0 fully saturated rings. The van der Waals surface area contributed by atoms with E-state index >= 15 is 0 Å². The summed E-state index contributed by atoms with van der Waals surface area (Å²) in [5.74, 6) is -0.430. The number of rotatable bonds is 3. The number of nitrogens with zero attached hydrogens (tertiary/aromatic N) is 1. The van der Waals surface area contributed by atoms with E-state index < -0.39 is 29.4 Å². The first kappa shape index (κ1) is 16.5. The first-order valence-corrected chi connectivity index (χ1v) is 10.3. The predicted molar refractivity (Wildman–Crippen MR) is 69.7 cm³/mol. The van der Waals surface area contributed by atoms with E-state index in [-0.39, 0.29) is 5.56 Å². The van der Waals surface area contributed by atoms with Crippen molar-refractivity contribution in [2.24, 2.45) is 0 Å². The highest BCUT2D eigenvalue weighted by molar-refractivity contribution is 7.88. The van der Waals surface area contributed by atoms with E-state index in [2.05, 4.69) is 4.18 Å². The first-order valence-electron chi connectivity index (χ1n) is 5.44. The fourth-order valence-electron chi connectivity index (χ4n) is 1.45. The first-order chi connectivity index (χ1) is 8.88. The summed E-state index contributed by atoms with van der Waals surface area (Å²) in [5, 5.41) is 9.14. The predicted octanol–water partition coefficient (Wildman–Crippen LogP) is 2.33. The molecule has 0 amide bonds. The van der Waals surface area contributed by atoms with Crippen molar-refractivity contribution >= 4 is 23.4 Å². The molecule has 110 valence electrons. The zero-order valence-electron chi connectivity index (χ0n) is 10.9. The summed E-state index contributed by atoms with van der Waals surface area (Å²) >= 11 is 0. The number of benzene rings is 1. The molecule has 0 saturated carbocycles. The van der Waals surface area contributed by atoms with E-state index in [0.717, 1.165) is 6.07 Å². The minimum atomic E-state index is -5.75. The van der Waals surface area contributed by atoms with Gasteiger partial charge in [0, 0.05) is 0 Å². The van der Waals surface area contributed by atoms with Crippen LogP contribution >= 0.6 is 0 Å². The Labute approximate surface area is 115 Å². The Morgan fingerprint density at radius 3 is 2.20 bits per heavy atom. The third kappa shape index (κ3) is 3.52. The van der Waals surface area contributed by atoms with Gasteiger partial charge in [-0.05, 0) is 17.3 Å². The summed E-state index contributed by atoms with van der Waals surface area (Å²) in [6, 6.07) is 5.59. The van der Waals surface area contributed by atoms with Crippen LogP contribution in [0.15, 0.2) is 18.2 Å². The molecule has 0 unspecified atom stereocenters. The Hall–Kier alpha value is -1.53. The van der Waals surface area contributed by atoms with Gasteiger partial charge in [0.1, 0.15) is 5.75 Å². The maximum absolute atomic E-state index is 12.4. The summed E-state index contributed by atoms with van der Waals surface area (Å²) in [5.41, 5.74) is -5.48. The molecule has 0 bridgehead atoms. The van der Waals surface area contributed by atoms with E-state index in [1.54, 1.807) is 6.07 Å². The molecule has 0 heterocycles. The lowest BCUT2D eigenvalue weighted by atomic mass is 10.2. The van der Waals surface area contributed by atoms with Gasteiger partial charge in [-0.1, -0.05) is 25.7 Å². The highest BCUT2D eigenvalue weighted by Gasteiger charge is 2.49. The van der Waals surface area contributed by atoms with Gasteiger partial charge in [-0.3, -0.25) is 0 Å². The van der Waals surface area contributed by atoms with Gasteiger partial charge in [0.2, 0.25) is 0 Å². The van der Waals surface area contributed by atoms with Crippen LogP contribution < -0.4 is 9.37 Å². The topological polar surface area (TPSA) is 67.2 Å². The molecule has 0 atom stereocenters. The lowest BCUT2D eigenvalue weighted by molar-refractivity contribution is -0.0499. The van der Waals surface area contributed by atoms with E-state index in [1.807, 2.05) is 19.6 Å². The quantitative estimate of drug-likeness (QED) is 0.486. The van der Waals surface area contributed by atoms with E-state index in [9.17, 15) is 21.6 Å². The standard InChI is InChI=1S/C11H12F3NO3SSi/c1-20(2,3)10-5-4-8(7-15)6-9(10)18-19(16,17)11(12,13)14/h4-6H,1-3H3. The maximum atomic E-state index is 12.4. The van der Waals surface area contributed by atoms with Crippen molar-refractivity contribution in [3.05, 3.63) is 23.8 Å². The Morgan fingerprint density at radius 1 is 1.25 bits per heavy atom. The van der Waals surface area contributed by atoms with Crippen molar-refractivity contribution in [2.45, 2.75) is 25.1 Å². The van der Waals surface area contributed by atoms with Gasteiger partial charge in [-0.25, -0.2) is 0 Å². The summed E-state index contributed by atoms with van der Waals surface area (Å²) in [4.78, 5) is 0. The number of hydrogen-bond acceptors (Lipinski definition) is 4. The van der Waals surface area contributed by atoms with Crippen molar-refractivity contribution in [1.82, 2.24) is 0 Å². The van der Waals surface area contributed by atoms with Crippen LogP contribution in [-0.4, -0.2) is 22.0 Å². The van der Waals surface area contributed by atoms with Crippen LogP contribution in [0.5, 0.6) is 5.75 Å². The summed E-state index contributed by atoms with van der Waals surface area (Å²) in [7, 11) is -7.88. The van der Waals surface area contributed by atoms with Gasteiger partial charge in [0.15, 0.2) is 0 Å². The van der Waals surface area contributed by atoms with Gasteiger partial charge in [-0.2, -0.15) is 26.9 Å². The Balaban J connectivity index is 3.41. The molecular weight excluding hydrogens is 311 g/mol. The molecule has 0 aliphatic carbocycles. The fraction of sp³-hybridized carbons (Fsp3) is 0.364. The second-order valence-corrected chi connectivity index (χ2v) is 11.6. The zero-order valence-corrected chi connectivity index (χ0v) is 12.8. The van der Waals surface area contributed by atoms with Crippen LogP contribution in [0.4, 0.5) is 13.2 Å². The van der Waals surface area contributed by atoms with Gasteiger partial charge < -0.3 is 4.18 Å². The van der Waals surface area contributed by atoms with Crippen molar-refractivity contribution in [3.63, 3.8) is 0 Å². The van der Waals surface area contributed by atoms with Crippen LogP contribution in [0.25, 0.3) is 0 Å². The minimum Gasteiger partial charge on any atom is -0.376 e. The van der Waals surface area contributed by atoms with Gasteiger partial charge in [0.05, 0.1) is 19.7 Å². The molecule has 0 aliphatic heterocycles. The number of nitriles is 1. The van der Waals surface area contributed by atoms with E-state index in [0.29, 0.717) is 5.19 Å². The highest BCUT2D eigenvalue weighted by Crippen LogP contribution is 2.27. The lowest BCUT2D eigenvalue weighted by Crippen LogP contribution is -2.40. The molecule has 9 heteroatoms. The molecule has 1 aromatic carbocycles. The summed E-state index contributed by atoms with van der Waals surface area (Å²) in [6.45, 7) is 5.46. The largest absolute Gasteiger partial charge is 0.534 e. The highest BCUT2D eigenvalue weighted by atomic mass is 32.2. The molecular formula is C11H12F3NO3SSi. The smallest absolute Gasteiger partial charge is 0.376 e. The normalized spacial score (nSPS) is 12.8. The summed E-state index contributed by atoms with van der Waals surface area (Å²) < 4.78 is 63.5. The monoisotopic (exact) mass is 323 g/mol. The van der Waals surface area contributed by atoms with E-state index in [1.165, 1.54) is 12.1 Å². The van der Waals surface area contributed by atoms with Gasteiger partial charge in [-0.15, -0.1) is 0 Å². The Kier molecular flexibility index (Phi) is 4.21. The Morgan fingerprint density at radius 2 is 1.80 bits per heavy atom. The molecule has 0 aliphatic rings. The molecule has 0 N–H and O–H groups in total. The molecule has 0 spiro atoms. The molecule has 0 aromatic heterocycles. The SMILES string of the molecule is C[Si](C)(C)c1ccc(C#N)cc1OS(=O)(=O)C(F)(F)F. The van der Waals surface area contributed by atoms with Crippen molar-refractivity contribution < 1.29 is 25.8 Å². The van der Waals surface area contributed by atoms with Gasteiger partial charge >= 0.3 is 15.6 Å². The van der Waals surface area contributed by atoms with Crippen LogP contribution in [-0.2, 0) is 10.1 Å². The van der Waals surface area contributed by atoms with Crippen LogP contribution in [0.3, 0.4) is 0 Å². The third-order valence-corrected chi connectivity index (χ3v) is 5.40. The second-order valence-electron chi connectivity index (χ2n) is 5.06.